The van der Waals surface area contributed by atoms with Gasteiger partial charge >= 0.3 is 0 Å². The molecule has 1 aromatic carbocycles. The Labute approximate surface area is 190 Å². The molecule has 1 atom stereocenters. The second kappa shape index (κ2) is 12.5. The maximum Gasteiger partial charge on any atom is 0.191 e. The first-order valence-corrected chi connectivity index (χ1v) is 9.36. The highest BCUT2D eigenvalue weighted by atomic mass is 127. The van der Waals surface area contributed by atoms with Crippen molar-refractivity contribution in [2.24, 2.45) is 12.0 Å². The molecule has 1 unspecified atom stereocenters. The van der Waals surface area contributed by atoms with E-state index in [1.165, 1.54) is 0 Å². The highest BCUT2D eigenvalue weighted by Gasteiger charge is 2.16. The van der Waals surface area contributed by atoms with Gasteiger partial charge in [-0.15, -0.1) is 24.0 Å². The van der Waals surface area contributed by atoms with Crippen LogP contribution in [-0.2, 0) is 13.6 Å². The zero-order chi connectivity index (χ0) is 20.5. The SMILES string of the molecule is CCNC(=NCc1ccc(OC)c(OC)c1)NCC(c1cnn(C)c1)N(C)C.I. The topological polar surface area (TPSA) is 75.9 Å². The molecule has 0 aliphatic carbocycles. The summed E-state index contributed by atoms with van der Waals surface area (Å²) < 4.78 is 12.5. The van der Waals surface area contributed by atoms with Crippen LogP contribution in [0.4, 0.5) is 0 Å². The largest absolute Gasteiger partial charge is 0.493 e. The van der Waals surface area contributed by atoms with Crippen molar-refractivity contribution in [2.45, 2.75) is 19.5 Å². The van der Waals surface area contributed by atoms with Gasteiger partial charge in [0.1, 0.15) is 0 Å². The van der Waals surface area contributed by atoms with Crippen molar-refractivity contribution < 1.29 is 9.47 Å². The third-order valence-corrected chi connectivity index (χ3v) is 4.41. The number of rotatable bonds is 9. The standard InChI is InChI=1S/C20H32N6O2.HI/c1-7-21-20(22-11-15-8-9-18(27-5)19(10-15)28-6)23-13-17(25(2)3)16-12-24-26(4)14-16;/h8-10,12,14,17H,7,11,13H2,1-6H3,(H2,21,22,23);1H. The van der Waals surface area contributed by atoms with Gasteiger partial charge in [-0.1, -0.05) is 6.07 Å². The predicted molar refractivity (Wildman–Crippen MR) is 127 cm³/mol. The van der Waals surface area contributed by atoms with Crippen molar-refractivity contribution in [3.05, 3.63) is 41.7 Å². The molecule has 2 rings (SSSR count). The molecule has 2 aromatic rings. The lowest BCUT2D eigenvalue weighted by Gasteiger charge is -2.24. The van der Waals surface area contributed by atoms with E-state index in [-0.39, 0.29) is 30.0 Å². The van der Waals surface area contributed by atoms with Crippen molar-refractivity contribution in [3.63, 3.8) is 0 Å². The Hall–Kier alpha value is -2.01. The Kier molecular flexibility index (Phi) is 10.8. The molecule has 0 saturated heterocycles. The number of hydrogen-bond donors (Lipinski definition) is 2. The summed E-state index contributed by atoms with van der Waals surface area (Å²) in [6.45, 7) is 4.10. The first-order valence-electron chi connectivity index (χ1n) is 9.36. The van der Waals surface area contributed by atoms with E-state index in [9.17, 15) is 0 Å². The summed E-state index contributed by atoms with van der Waals surface area (Å²) in [5.41, 5.74) is 2.21. The molecule has 8 nitrogen and oxygen atoms in total. The number of aliphatic imine (C=N–C) groups is 1. The van der Waals surface area contributed by atoms with Crippen molar-refractivity contribution in [1.82, 2.24) is 25.3 Å². The Bertz CT molecular complexity index is 778. The van der Waals surface area contributed by atoms with E-state index in [1.807, 2.05) is 42.3 Å². The Morgan fingerprint density at radius 2 is 1.93 bits per heavy atom. The van der Waals surface area contributed by atoms with Gasteiger partial charge in [-0.3, -0.25) is 4.68 Å². The Balaban J connectivity index is 0.00000420. The van der Waals surface area contributed by atoms with Crippen LogP contribution in [0.25, 0.3) is 0 Å². The number of nitrogens with one attached hydrogen (secondary N) is 2. The Morgan fingerprint density at radius 3 is 2.48 bits per heavy atom. The molecule has 0 saturated carbocycles. The minimum Gasteiger partial charge on any atom is -0.493 e. The number of guanidine groups is 1. The molecule has 29 heavy (non-hydrogen) atoms. The minimum absolute atomic E-state index is 0. The van der Waals surface area contributed by atoms with Crippen molar-refractivity contribution in [2.75, 3.05) is 41.4 Å². The van der Waals surface area contributed by atoms with Gasteiger partial charge < -0.3 is 25.0 Å². The lowest BCUT2D eigenvalue weighted by Crippen LogP contribution is -2.41. The number of likely N-dealkylation sites (N-methyl/N-ethyl adjacent to an activating group) is 1. The van der Waals surface area contributed by atoms with Crippen molar-refractivity contribution in [1.29, 1.82) is 0 Å². The quantitative estimate of drug-likeness (QED) is 0.303. The molecule has 0 aliphatic rings. The second-order valence-corrected chi connectivity index (χ2v) is 6.69. The van der Waals surface area contributed by atoms with Crippen molar-refractivity contribution >= 4 is 29.9 Å². The predicted octanol–water partition coefficient (Wildman–Crippen LogP) is 2.41. The number of ether oxygens (including phenoxy) is 2. The number of aromatic nitrogens is 2. The van der Waals surface area contributed by atoms with E-state index in [0.717, 1.165) is 30.2 Å². The van der Waals surface area contributed by atoms with Gasteiger partial charge in [-0.2, -0.15) is 5.10 Å². The van der Waals surface area contributed by atoms with Crippen LogP contribution in [0, 0.1) is 0 Å². The van der Waals surface area contributed by atoms with E-state index in [2.05, 4.69) is 41.7 Å². The first-order chi connectivity index (χ1) is 13.5. The van der Waals surface area contributed by atoms with E-state index in [4.69, 9.17) is 14.5 Å². The fourth-order valence-electron chi connectivity index (χ4n) is 2.90. The maximum absolute atomic E-state index is 5.37. The summed E-state index contributed by atoms with van der Waals surface area (Å²) in [4.78, 5) is 6.87. The van der Waals surface area contributed by atoms with Gasteiger partial charge in [-0.05, 0) is 38.7 Å². The molecule has 0 radical (unpaired) electrons. The molecule has 0 fully saturated rings. The molecule has 9 heteroatoms. The summed E-state index contributed by atoms with van der Waals surface area (Å²) in [6.07, 6.45) is 3.94. The van der Waals surface area contributed by atoms with Gasteiger partial charge in [0.05, 0.1) is 33.0 Å². The number of methoxy groups -OCH3 is 2. The number of aryl methyl sites for hydroxylation is 1. The lowest BCUT2D eigenvalue weighted by molar-refractivity contribution is 0.298. The van der Waals surface area contributed by atoms with Gasteiger partial charge in [-0.25, -0.2) is 4.99 Å². The van der Waals surface area contributed by atoms with Crippen LogP contribution >= 0.6 is 24.0 Å². The fraction of sp³-hybridized carbons (Fsp3) is 0.500. The van der Waals surface area contributed by atoms with Crippen LogP contribution in [0.2, 0.25) is 0 Å². The molecule has 2 N–H and O–H groups in total. The zero-order valence-electron chi connectivity index (χ0n) is 18.1. The minimum atomic E-state index is 0. The summed E-state index contributed by atoms with van der Waals surface area (Å²) in [5.74, 6) is 2.19. The van der Waals surface area contributed by atoms with Crippen LogP contribution in [0.5, 0.6) is 11.5 Å². The highest BCUT2D eigenvalue weighted by molar-refractivity contribution is 14.0. The number of halogens is 1. The fourth-order valence-corrected chi connectivity index (χ4v) is 2.90. The van der Waals surface area contributed by atoms with Gasteiger partial charge in [0.15, 0.2) is 17.5 Å². The van der Waals surface area contributed by atoms with E-state index < -0.39 is 0 Å². The number of hydrogen-bond acceptors (Lipinski definition) is 5. The highest BCUT2D eigenvalue weighted by Crippen LogP contribution is 2.27. The van der Waals surface area contributed by atoms with E-state index in [0.29, 0.717) is 18.0 Å². The van der Waals surface area contributed by atoms with Crippen LogP contribution in [-0.4, -0.2) is 62.0 Å². The Morgan fingerprint density at radius 1 is 1.21 bits per heavy atom. The lowest BCUT2D eigenvalue weighted by atomic mass is 10.1. The van der Waals surface area contributed by atoms with Gasteiger partial charge in [0.25, 0.3) is 0 Å². The summed E-state index contributed by atoms with van der Waals surface area (Å²) in [7, 11) is 9.32. The third kappa shape index (κ3) is 7.39. The summed E-state index contributed by atoms with van der Waals surface area (Å²) in [5, 5.41) is 11.0. The molecular formula is C20H33IN6O2. The van der Waals surface area contributed by atoms with Crippen LogP contribution in [0.3, 0.4) is 0 Å². The van der Waals surface area contributed by atoms with Crippen LogP contribution in [0.1, 0.15) is 24.1 Å². The number of nitrogens with zero attached hydrogens (tertiary/aromatic N) is 4. The first kappa shape index (κ1) is 25.0. The average Bonchev–Trinajstić information content (AvgIpc) is 3.11. The third-order valence-electron chi connectivity index (χ3n) is 4.41. The molecule has 1 aromatic heterocycles. The second-order valence-electron chi connectivity index (χ2n) is 6.69. The molecule has 0 amide bonds. The molecule has 0 bridgehead atoms. The van der Waals surface area contributed by atoms with Crippen molar-refractivity contribution in [3.8, 4) is 11.5 Å². The average molecular weight is 516 g/mol. The monoisotopic (exact) mass is 516 g/mol. The van der Waals surface area contributed by atoms with E-state index >= 15 is 0 Å². The molecule has 1 heterocycles. The maximum atomic E-state index is 5.37. The molecule has 0 spiro atoms. The van der Waals surface area contributed by atoms with Crippen LogP contribution < -0.4 is 20.1 Å². The van der Waals surface area contributed by atoms with Gasteiger partial charge in [0, 0.05) is 31.9 Å². The molecule has 162 valence electrons. The smallest absolute Gasteiger partial charge is 0.191 e. The summed E-state index contributed by atoms with van der Waals surface area (Å²) in [6, 6.07) is 6.03. The molecule has 0 aliphatic heterocycles. The number of benzene rings is 1. The van der Waals surface area contributed by atoms with Gasteiger partial charge in [0.2, 0.25) is 0 Å². The normalized spacial score (nSPS) is 12.3. The zero-order valence-corrected chi connectivity index (χ0v) is 20.4. The summed E-state index contributed by atoms with van der Waals surface area (Å²) >= 11 is 0. The van der Waals surface area contributed by atoms with Crippen LogP contribution in [0.15, 0.2) is 35.6 Å². The van der Waals surface area contributed by atoms with E-state index in [1.54, 1.807) is 14.2 Å². The molecular weight excluding hydrogens is 483 g/mol.